The molecule has 1 heterocycles. The summed E-state index contributed by atoms with van der Waals surface area (Å²) >= 11 is 0. The molecule has 0 saturated carbocycles. The van der Waals surface area contributed by atoms with E-state index in [4.69, 9.17) is 0 Å². The average Bonchev–Trinajstić information content (AvgIpc) is 2.84. The number of nitrogens with one attached hydrogen (secondary N) is 1. The van der Waals surface area contributed by atoms with E-state index in [-0.39, 0.29) is 24.2 Å². The summed E-state index contributed by atoms with van der Waals surface area (Å²) in [7, 11) is 0. The molecule has 3 nitrogen and oxygen atoms in total. The Balaban J connectivity index is 1.87. The van der Waals surface area contributed by atoms with Crippen LogP contribution in [-0.4, -0.2) is 35.0 Å². The van der Waals surface area contributed by atoms with Crippen LogP contribution in [0.15, 0.2) is 0 Å². The highest BCUT2D eigenvalue weighted by Gasteiger charge is 2.35. The van der Waals surface area contributed by atoms with Crippen molar-refractivity contribution in [1.29, 1.82) is 0 Å². The molecule has 0 aliphatic carbocycles. The normalized spacial score (nSPS) is 26.5. The molecule has 22 heavy (non-hydrogen) atoms. The first kappa shape index (κ1) is 19.9. The van der Waals surface area contributed by atoms with E-state index in [9.17, 15) is 10.2 Å². The lowest BCUT2D eigenvalue weighted by Crippen LogP contribution is -2.33. The van der Waals surface area contributed by atoms with Gasteiger partial charge >= 0.3 is 0 Å². The molecule has 0 aromatic rings. The van der Waals surface area contributed by atoms with Crippen molar-refractivity contribution in [2.24, 2.45) is 5.92 Å². The second-order valence-corrected chi connectivity index (χ2v) is 7.24. The van der Waals surface area contributed by atoms with Crippen molar-refractivity contribution in [3.63, 3.8) is 0 Å². The minimum Gasteiger partial charge on any atom is -0.393 e. The maximum absolute atomic E-state index is 10.2. The largest absolute Gasteiger partial charge is 0.393 e. The third-order valence-electron chi connectivity index (χ3n) is 5.22. The standard InChI is InChI=1S/C19H39NO2/c1-3-4-5-6-7-8-9-10-11-12-13-14-18(21)17-15-20-16(2)19(17)22/h16-22H,3-15H2,1-2H3/t16-,17+,18-,19-/m1/s1. The predicted octanol–water partition coefficient (Wildman–Crippen LogP) is 4.02. The van der Waals surface area contributed by atoms with Crippen LogP contribution in [-0.2, 0) is 0 Å². The summed E-state index contributed by atoms with van der Waals surface area (Å²) < 4.78 is 0. The van der Waals surface area contributed by atoms with Gasteiger partial charge in [0.2, 0.25) is 0 Å². The van der Waals surface area contributed by atoms with Crippen molar-refractivity contribution in [2.75, 3.05) is 6.54 Å². The highest BCUT2D eigenvalue weighted by Crippen LogP contribution is 2.22. The Morgan fingerprint density at radius 2 is 1.41 bits per heavy atom. The summed E-state index contributed by atoms with van der Waals surface area (Å²) in [6.07, 6.45) is 14.8. The zero-order valence-corrected chi connectivity index (χ0v) is 14.9. The minimum absolute atomic E-state index is 0.0260. The zero-order valence-electron chi connectivity index (χ0n) is 14.9. The number of aliphatic hydroxyl groups excluding tert-OH is 2. The van der Waals surface area contributed by atoms with Crippen molar-refractivity contribution in [3.05, 3.63) is 0 Å². The van der Waals surface area contributed by atoms with Crippen molar-refractivity contribution >= 4 is 0 Å². The van der Waals surface area contributed by atoms with Crippen molar-refractivity contribution in [3.8, 4) is 0 Å². The van der Waals surface area contributed by atoms with Gasteiger partial charge in [-0.25, -0.2) is 0 Å². The van der Waals surface area contributed by atoms with Crippen LogP contribution in [0.5, 0.6) is 0 Å². The fraction of sp³-hybridized carbons (Fsp3) is 1.00. The lowest BCUT2D eigenvalue weighted by molar-refractivity contribution is 0.0264. The van der Waals surface area contributed by atoms with E-state index in [1.807, 2.05) is 6.92 Å². The first-order chi connectivity index (χ1) is 10.7. The van der Waals surface area contributed by atoms with Gasteiger partial charge in [-0.3, -0.25) is 0 Å². The van der Waals surface area contributed by atoms with Crippen LogP contribution in [0.4, 0.5) is 0 Å². The number of hydrogen-bond acceptors (Lipinski definition) is 3. The summed E-state index contributed by atoms with van der Waals surface area (Å²) in [4.78, 5) is 0. The van der Waals surface area contributed by atoms with Gasteiger partial charge in [-0.1, -0.05) is 77.6 Å². The summed E-state index contributed by atoms with van der Waals surface area (Å²) in [6, 6.07) is 0.122. The molecule has 1 rings (SSSR count). The molecular weight excluding hydrogens is 274 g/mol. The van der Waals surface area contributed by atoms with Crippen LogP contribution in [0.3, 0.4) is 0 Å². The van der Waals surface area contributed by atoms with Gasteiger partial charge in [0.15, 0.2) is 0 Å². The molecule has 4 atom stereocenters. The van der Waals surface area contributed by atoms with Crippen LogP contribution in [0.25, 0.3) is 0 Å². The van der Waals surface area contributed by atoms with E-state index < -0.39 is 0 Å². The molecule has 1 aliphatic rings. The molecule has 1 aliphatic heterocycles. The minimum atomic E-state index is -0.386. The molecule has 0 bridgehead atoms. The van der Waals surface area contributed by atoms with Crippen LogP contribution in [0.2, 0.25) is 0 Å². The quantitative estimate of drug-likeness (QED) is 0.450. The van der Waals surface area contributed by atoms with E-state index in [0.29, 0.717) is 0 Å². The molecule has 0 aromatic carbocycles. The van der Waals surface area contributed by atoms with Gasteiger partial charge in [-0.2, -0.15) is 0 Å². The molecule has 0 unspecified atom stereocenters. The van der Waals surface area contributed by atoms with Gasteiger partial charge < -0.3 is 15.5 Å². The first-order valence-electron chi connectivity index (χ1n) is 9.76. The predicted molar refractivity (Wildman–Crippen MR) is 94.0 cm³/mol. The Morgan fingerprint density at radius 3 is 1.86 bits per heavy atom. The van der Waals surface area contributed by atoms with Gasteiger partial charge in [-0.15, -0.1) is 0 Å². The monoisotopic (exact) mass is 313 g/mol. The molecule has 0 aromatic heterocycles. The molecule has 132 valence electrons. The van der Waals surface area contributed by atoms with Gasteiger partial charge in [0.25, 0.3) is 0 Å². The third-order valence-corrected chi connectivity index (χ3v) is 5.22. The van der Waals surface area contributed by atoms with Gasteiger partial charge in [0, 0.05) is 18.5 Å². The summed E-state index contributed by atoms with van der Waals surface area (Å²) in [5.41, 5.74) is 0. The summed E-state index contributed by atoms with van der Waals surface area (Å²) in [6.45, 7) is 5.00. The van der Waals surface area contributed by atoms with Crippen LogP contribution in [0, 0.1) is 5.92 Å². The topological polar surface area (TPSA) is 52.5 Å². The van der Waals surface area contributed by atoms with Crippen molar-refractivity contribution in [2.45, 2.75) is 109 Å². The van der Waals surface area contributed by atoms with Gasteiger partial charge in [0.1, 0.15) is 0 Å². The van der Waals surface area contributed by atoms with E-state index in [2.05, 4.69) is 12.2 Å². The lowest BCUT2D eigenvalue weighted by Gasteiger charge is -2.21. The molecule has 3 N–H and O–H groups in total. The molecule has 0 spiro atoms. The van der Waals surface area contributed by atoms with Crippen molar-refractivity contribution in [1.82, 2.24) is 5.32 Å². The Labute approximate surface area is 137 Å². The van der Waals surface area contributed by atoms with Gasteiger partial charge in [-0.05, 0) is 13.3 Å². The molecule has 1 fully saturated rings. The van der Waals surface area contributed by atoms with Crippen LogP contribution in [0.1, 0.15) is 90.9 Å². The number of rotatable bonds is 13. The second-order valence-electron chi connectivity index (χ2n) is 7.24. The van der Waals surface area contributed by atoms with Crippen LogP contribution >= 0.6 is 0 Å². The molecule has 0 radical (unpaired) electrons. The Hall–Kier alpha value is -0.120. The van der Waals surface area contributed by atoms with E-state index in [1.165, 1.54) is 64.2 Å². The lowest BCUT2D eigenvalue weighted by atomic mass is 9.92. The highest BCUT2D eigenvalue weighted by molar-refractivity contribution is 4.91. The number of hydrogen-bond donors (Lipinski definition) is 3. The second kappa shape index (κ2) is 12.3. The third kappa shape index (κ3) is 7.94. The summed E-state index contributed by atoms with van der Waals surface area (Å²) in [5.74, 6) is 0.0260. The molecule has 3 heteroatoms. The highest BCUT2D eigenvalue weighted by atomic mass is 16.3. The van der Waals surface area contributed by atoms with Crippen molar-refractivity contribution < 1.29 is 10.2 Å². The zero-order chi connectivity index (χ0) is 16.2. The van der Waals surface area contributed by atoms with E-state index >= 15 is 0 Å². The Morgan fingerprint density at radius 1 is 0.909 bits per heavy atom. The molecular formula is C19H39NO2. The van der Waals surface area contributed by atoms with E-state index in [1.54, 1.807) is 0 Å². The smallest absolute Gasteiger partial charge is 0.0755 e. The Kier molecular flexibility index (Phi) is 11.2. The SMILES string of the molecule is CCCCCCCCCCCCC[C@@H](O)[C@@H]1CN[C@H](C)[C@H]1O. The molecule has 1 saturated heterocycles. The number of unbranched alkanes of at least 4 members (excludes halogenated alkanes) is 10. The number of aliphatic hydroxyl groups is 2. The maximum Gasteiger partial charge on any atom is 0.0755 e. The van der Waals surface area contributed by atoms with E-state index in [0.717, 1.165) is 19.4 Å². The first-order valence-corrected chi connectivity index (χ1v) is 9.76. The van der Waals surface area contributed by atoms with Gasteiger partial charge in [0.05, 0.1) is 12.2 Å². The fourth-order valence-electron chi connectivity index (χ4n) is 3.53. The summed E-state index contributed by atoms with van der Waals surface area (Å²) in [5, 5.41) is 23.4. The Bertz CT molecular complexity index is 260. The maximum atomic E-state index is 10.2. The molecule has 0 amide bonds. The average molecular weight is 314 g/mol. The fourth-order valence-corrected chi connectivity index (χ4v) is 3.53. The van der Waals surface area contributed by atoms with Crippen LogP contribution < -0.4 is 5.32 Å².